The molecule has 0 fully saturated rings. The molecule has 2 N–H and O–H groups in total. The van der Waals surface area contributed by atoms with Gasteiger partial charge in [0.2, 0.25) is 15.9 Å². The Morgan fingerprint density at radius 3 is 2.38 bits per heavy atom. The number of nitrogens with zero attached hydrogens (tertiary/aromatic N) is 3. The second-order valence-electron chi connectivity index (χ2n) is 9.59. The van der Waals surface area contributed by atoms with Gasteiger partial charge in [0.05, 0.1) is 30.3 Å². The number of methoxy groups -OCH3 is 1. The minimum Gasteiger partial charge on any atom is -0.492 e. The first-order valence-electron chi connectivity index (χ1n) is 11.4. The van der Waals surface area contributed by atoms with Crippen LogP contribution in [0.2, 0.25) is 0 Å². The smallest absolute Gasteiger partial charge is 0.276 e. The zero-order valence-electron chi connectivity index (χ0n) is 21.5. The van der Waals surface area contributed by atoms with Crippen molar-refractivity contribution in [1.29, 1.82) is 0 Å². The number of amides is 1. The summed E-state index contributed by atoms with van der Waals surface area (Å²) in [6.45, 7) is 5.96. The molecule has 0 aliphatic rings. The van der Waals surface area contributed by atoms with Crippen molar-refractivity contribution in [2.24, 2.45) is 7.05 Å². The summed E-state index contributed by atoms with van der Waals surface area (Å²) in [6.07, 6.45) is 3.96. The average molecular weight is 524 g/mol. The van der Waals surface area contributed by atoms with E-state index in [2.05, 4.69) is 20.0 Å². The van der Waals surface area contributed by atoms with Crippen LogP contribution in [0.1, 0.15) is 36.8 Å². The third-order valence-electron chi connectivity index (χ3n) is 5.74. The lowest BCUT2D eigenvalue weighted by molar-refractivity contribution is 0.101. The Morgan fingerprint density at radius 1 is 1.05 bits per heavy atom. The number of nitrogens with one attached hydrogen (secondary N) is 2. The topological polar surface area (TPSA) is 124 Å². The first-order chi connectivity index (χ1) is 17.4. The van der Waals surface area contributed by atoms with E-state index >= 15 is 0 Å². The Labute approximate surface area is 215 Å². The fourth-order valence-corrected chi connectivity index (χ4v) is 4.54. The highest BCUT2D eigenvalue weighted by Gasteiger charge is 2.27. The van der Waals surface area contributed by atoms with E-state index in [0.717, 1.165) is 22.7 Å². The van der Waals surface area contributed by atoms with E-state index in [1.54, 1.807) is 36.0 Å². The number of hydrogen-bond acceptors (Lipinski definition) is 7. The lowest BCUT2D eigenvalue weighted by Gasteiger charge is -2.24. The predicted octanol–water partition coefficient (Wildman–Crippen LogP) is 4.69. The molecule has 10 nitrogen and oxygen atoms in total. The van der Waals surface area contributed by atoms with E-state index < -0.39 is 15.9 Å². The van der Waals surface area contributed by atoms with E-state index in [1.807, 2.05) is 45.0 Å². The molecule has 0 spiro atoms. The molecule has 2 heterocycles. The lowest BCUT2D eigenvalue weighted by atomic mass is 9.86. The molecule has 4 rings (SSSR count). The molecule has 0 unspecified atom stereocenters. The highest BCUT2D eigenvalue weighted by atomic mass is 32.2. The van der Waals surface area contributed by atoms with Gasteiger partial charge in [-0.15, -0.1) is 0 Å². The van der Waals surface area contributed by atoms with Gasteiger partial charge in [0, 0.05) is 24.7 Å². The Bertz CT molecular complexity index is 1570. The number of aryl methyl sites for hydroxylation is 1. The van der Waals surface area contributed by atoms with Gasteiger partial charge in [-0.3, -0.25) is 9.52 Å². The first-order valence-corrected chi connectivity index (χ1v) is 13.3. The molecule has 0 saturated heterocycles. The van der Waals surface area contributed by atoms with Gasteiger partial charge in [-0.25, -0.2) is 18.4 Å². The summed E-state index contributed by atoms with van der Waals surface area (Å²) in [6, 6.07) is 12.6. The van der Waals surface area contributed by atoms with E-state index in [-0.39, 0.29) is 28.4 Å². The third-order valence-corrected chi connectivity index (χ3v) is 6.33. The van der Waals surface area contributed by atoms with Crippen LogP contribution >= 0.6 is 0 Å². The standard InChI is InChI=1S/C26H29N5O5S/c1-26(2,3)16-13-18(24(35-5)19(14-16)30-37(6,33)34)29-25(32)22-23(36-21-11-12-27-15-28-21)17-9-7-8-10-20(17)31(22)4/h7-15,30H,1-6H3,(H,29,32). The molecular weight excluding hydrogens is 494 g/mol. The Hall–Kier alpha value is -4.12. The summed E-state index contributed by atoms with van der Waals surface area (Å²) >= 11 is 0. The molecule has 0 atom stereocenters. The van der Waals surface area contributed by atoms with Crippen molar-refractivity contribution >= 4 is 38.2 Å². The summed E-state index contributed by atoms with van der Waals surface area (Å²) in [5.41, 5.74) is 2.02. The van der Waals surface area contributed by atoms with Crippen LogP contribution in [-0.2, 0) is 22.5 Å². The summed E-state index contributed by atoms with van der Waals surface area (Å²) in [5.74, 6) is 0.323. The number of aromatic nitrogens is 3. The van der Waals surface area contributed by atoms with Crippen molar-refractivity contribution in [2.75, 3.05) is 23.4 Å². The van der Waals surface area contributed by atoms with Gasteiger partial charge in [-0.05, 0) is 35.2 Å². The first kappa shape index (κ1) is 26.0. The molecule has 2 aromatic carbocycles. The fourth-order valence-electron chi connectivity index (χ4n) is 3.99. The van der Waals surface area contributed by atoms with E-state index in [0.29, 0.717) is 11.4 Å². The summed E-state index contributed by atoms with van der Waals surface area (Å²) in [5, 5.41) is 3.64. The number of para-hydroxylation sites is 1. The Kier molecular flexibility index (Phi) is 6.83. The van der Waals surface area contributed by atoms with Crippen LogP contribution in [-0.4, -0.2) is 42.2 Å². The van der Waals surface area contributed by atoms with Crippen molar-refractivity contribution in [1.82, 2.24) is 14.5 Å². The number of hydrogen-bond donors (Lipinski definition) is 2. The molecule has 1 amide bonds. The van der Waals surface area contributed by atoms with Crippen LogP contribution in [0.5, 0.6) is 17.4 Å². The Balaban J connectivity index is 1.85. The molecule has 11 heteroatoms. The molecule has 0 aliphatic heterocycles. The molecule has 0 saturated carbocycles. The maximum absolute atomic E-state index is 13.8. The number of sulfonamides is 1. The minimum absolute atomic E-state index is 0.184. The van der Waals surface area contributed by atoms with Crippen molar-refractivity contribution in [2.45, 2.75) is 26.2 Å². The molecule has 2 aromatic heterocycles. The third kappa shape index (κ3) is 5.51. The van der Waals surface area contributed by atoms with E-state index in [4.69, 9.17) is 9.47 Å². The number of carbonyl (C=O) groups is 1. The number of ether oxygens (including phenoxy) is 2. The van der Waals surface area contributed by atoms with Gasteiger partial charge in [-0.1, -0.05) is 32.9 Å². The van der Waals surface area contributed by atoms with Gasteiger partial charge in [0.1, 0.15) is 6.33 Å². The minimum atomic E-state index is -3.61. The molecule has 0 bridgehead atoms. The van der Waals surface area contributed by atoms with Crippen LogP contribution in [0.25, 0.3) is 10.9 Å². The number of benzene rings is 2. The van der Waals surface area contributed by atoms with Crippen LogP contribution in [0.15, 0.2) is 55.0 Å². The highest BCUT2D eigenvalue weighted by Crippen LogP contribution is 2.41. The maximum Gasteiger partial charge on any atom is 0.276 e. The lowest BCUT2D eigenvalue weighted by Crippen LogP contribution is -2.20. The normalized spacial score (nSPS) is 11.8. The van der Waals surface area contributed by atoms with Crippen molar-refractivity contribution in [3.05, 3.63) is 66.2 Å². The number of anilines is 2. The van der Waals surface area contributed by atoms with Gasteiger partial charge in [0.25, 0.3) is 5.91 Å². The molecule has 37 heavy (non-hydrogen) atoms. The van der Waals surface area contributed by atoms with Gasteiger partial charge < -0.3 is 19.4 Å². The number of carbonyl (C=O) groups excluding carboxylic acids is 1. The SMILES string of the molecule is COc1c(NC(=O)c2c(Oc3ccncn3)c3ccccc3n2C)cc(C(C)(C)C)cc1NS(C)(=O)=O. The van der Waals surface area contributed by atoms with Gasteiger partial charge >= 0.3 is 0 Å². The number of rotatable bonds is 7. The van der Waals surface area contributed by atoms with Crippen LogP contribution in [0, 0.1) is 0 Å². The predicted molar refractivity (Wildman–Crippen MR) is 143 cm³/mol. The van der Waals surface area contributed by atoms with Crippen molar-refractivity contribution in [3.8, 4) is 17.4 Å². The number of fused-ring (bicyclic) bond motifs is 1. The van der Waals surface area contributed by atoms with E-state index in [9.17, 15) is 13.2 Å². The molecule has 194 valence electrons. The Morgan fingerprint density at radius 2 is 1.76 bits per heavy atom. The molecular formula is C26H29N5O5S. The summed E-state index contributed by atoms with van der Waals surface area (Å²) < 4.78 is 40.0. The fraction of sp³-hybridized carbons (Fsp3) is 0.269. The highest BCUT2D eigenvalue weighted by molar-refractivity contribution is 7.92. The van der Waals surface area contributed by atoms with E-state index in [1.165, 1.54) is 13.4 Å². The second-order valence-corrected chi connectivity index (χ2v) is 11.3. The molecule has 4 aromatic rings. The monoisotopic (exact) mass is 523 g/mol. The quantitative estimate of drug-likeness (QED) is 0.360. The second kappa shape index (κ2) is 9.74. The van der Waals surface area contributed by atoms with Crippen molar-refractivity contribution in [3.63, 3.8) is 0 Å². The van der Waals surface area contributed by atoms with Crippen LogP contribution in [0.4, 0.5) is 11.4 Å². The van der Waals surface area contributed by atoms with Crippen LogP contribution in [0.3, 0.4) is 0 Å². The average Bonchev–Trinajstić information content (AvgIpc) is 3.09. The summed E-state index contributed by atoms with van der Waals surface area (Å²) in [4.78, 5) is 21.8. The van der Waals surface area contributed by atoms with Crippen molar-refractivity contribution < 1.29 is 22.7 Å². The zero-order valence-corrected chi connectivity index (χ0v) is 22.3. The largest absolute Gasteiger partial charge is 0.492 e. The summed E-state index contributed by atoms with van der Waals surface area (Å²) in [7, 11) is -0.434. The zero-order chi connectivity index (χ0) is 27.0. The maximum atomic E-state index is 13.8. The van der Waals surface area contributed by atoms with Crippen LogP contribution < -0.4 is 19.5 Å². The van der Waals surface area contributed by atoms with Gasteiger partial charge in [-0.2, -0.15) is 0 Å². The molecule has 0 aliphatic carbocycles. The van der Waals surface area contributed by atoms with Gasteiger partial charge in [0.15, 0.2) is 17.2 Å². The molecule has 0 radical (unpaired) electrons.